The molecule has 2 aliphatic heterocycles. The summed E-state index contributed by atoms with van der Waals surface area (Å²) >= 11 is 0. The van der Waals surface area contributed by atoms with Gasteiger partial charge in [0, 0.05) is 25.0 Å². The van der Waals surface area contributed by atoms with E-state index in [1.54, 1.807) is 0 Å². The topological polar surface area (TPSA) is 53.6 Å². The van der Waals surface area contributed by atoms with Gasteiger partial charge < -0.3 is 15.4 Å². The first kappa shape index (κ1) is 22.0. The predicted molar refractivity (Wildman–Crippen MR) is 112 cm³/mol. The fourth-order valence-corrected chi connectivity index (χ4v) is 3.90. The molecule has 152 valence electrons. The quantitative estimate of drug-likeness (QED) is 0.710. The molecule has 2 fully saturated rings. The highest BCUT2D eigenvalue weighted by atomic mass is 35.5. The van der Waals surface area contributed by atoms with E-state index in [0.717, 1.165) is 44.7 Å². The van der Waals surface area contributed by atoms with Gasteiger partial charge in [-0.25, -0.2) is 0 Å². The fraction of sp³-hybridized carbons (Fsp3) is 0.667. The second kappa shape index (κ2) is 11.5. The Balaban J connectivity index is 0.00000261. The molecule has 2 saturated heterocycles. The third-order valence-corrected chi connectivity index (χ3v) is 5.51. The molecule has 1 amide bonds. The number of rotatable bonds is 8. The molecule has 2 N–H and O–H groups in total. The summed E-state index contributed by atoms with van der Waals surface area (Å²) < 4.78 is 5.84. The first-order valence-electron chi connectivity index (χ1n) is 10.2. The summed E-state index contributed by atoms with van der Waals surface area (Å²) in [5, 5.41) is 6.49. The first-order valence-corrected chi connectivity index (χ1v) is 10.2. The lowest BCUT2D eigenvalue weighted by Crippen LogP contribution is -2.42. The van der Waals surface area contributed by atoms with Gasteiger partial charge in [0.05, 0.1) is 0 Å². The number of carbonyl (C=O) groups is 1. The third-order valence-electron chi connectivity index (χ3n) is 5.51. The Hall–Kier alpha value is -1.30. The minimum atomic E-state index is 0. The zero-order chi connectivity index (χ0) is 18.2. The number of amides is 1. The van der Waals surface area contributed by atoms with Crippen molar-refractivity contribution in [2.75, 3.05) is 39.3 Å². The van der Waals surface area contributed by atoms with E-state index in [1.807, 2.05) is 12.1 Å². The minimum absolute atomic E-state index is 0. The van der Waals surface area contributed by atoms with E-state index < -0.39 is 0 Å². The lowest BCUT2D eigenvalue weighted by atomic mass is 9.92. The number of ether oxygens (including phenoxy) is 1. The van der Waals surface area contributed by atoms with Crippen LogP contribution in [0.15, 0.2) is 24.3 Å². The van der Waals surface area contributed by atoms with Crippen molar-refractivity contribution in [3.05, 3.63) is 29.8 Å². The minimum Gasteiger partial charge on any atom is -0.492 e. The standard InChI is InChI=1S/C21H33N3O2.ClH/c1-17-16-19(9-11-22-17)21(25)23-10-8-18-4-6-20(7-5-18)26-15-14-24-12-2-3-13-24;/h4-7,17,19,22H,2-3,8-16H2,1H3,(H,23,25);1H/t17-,19-;/m0./s1. The Morgan fingerprint density at radius 1 is 1.26 bits per heavy atom. The van der Waals surface area contributed by atoms with Gasteiger partial charge in [0.15, 0.2) is 0 Å². The number of hydrogen-bond donors (Lipinski definition) is 2. The second-order valence-corrected chi connectivity index (χ2v) is 7.66. The molecule has 0 aromatic heterocycles. The average Bonchev–Trinajstić information content (AvgIpc) is 3.16. The number of piperidine rings is 1. The van der Waals surface area contributed by atoms with E-state index in [2.05, 4.69) is 34.6 Å². The van der Waals surface area contributed by atoms with Crippen molar-refractivity contribution in [1.29, 1.82) is 0 Å². The molecular formula is C21H34ClN3O2. The molecule has 1 aromatic carbocycles. The van der Waals surface area contributed by atoms with Crippen molar-refractivity contribution in [3.63, 3.8) is 0 Å². The smallest absolute Gasteiger partial charge is 0.223 e. The highest BCUT2D eigenvalue weighted by molar-refractivity contribution is 5.85. The van der Waals surface area contributed by atoms with Crippen molar-refractivity contribution in [2.45, 2.75) is 45.1 Å². The van der Waals surface area contributed by atoms with Gasteiger partial charge in [-0.3, -0.25) is 9.69 Å². The van der Waals surface area contributed by atoms with Crippen molar-refractivity contribution in [1.82, 2.24) is 15.5 Å². The third kappa shape index (κ3) is 7.32. The number of nitrogens with zero attached hydrogens (tertiary/aromatic N) is 1. The van der Waals surface area contributed by atoms with Crippen LogP contribution in [0.25, 0.3) is 0 Å². The average molecular weight is 396 g/mol. The Bertz CT molecular complexity index is 561. The fourth-order valence-electron chi connectivity index (χ4n) is 3.90. The summed E-state index contributed by atoms with van der Waals surface area (Å²) in [6.07, 6.45) is 5.39. The molecule has 0 spiro atoms. The largest absolute Gasteiger partial charge is 0.492 e. The van der Waals surface area contributed by atoms with Gasteiger partial charge in [-0.05, 0) is 76.4 Å². The summed E-state index contributed by atoms with van der Waals surface area (Å²) in [5.41, 5.74) is 1.23. The molecule has 0 saturated carbocycles. The molecule has 2 atom stereocenters. The molecule has 0 bridgehead atoms. The Morgan fingerprint density at radius 2 is 2.00 bits per heavy atom. The number of halogens is 1. The van der Waals surface area contributed by atoms with Crippen LogP contribution in [0.5, 0.6) is 5.75 Å². The van der Waals surface area contributed by atoms with Crippen LogP contribution in [0.2, 0.25) is 0 Å². The van der Waals surface area contributed by atoms with Gasteiger partial charge in [-0.15, -0.1) is 12.4 Å². The van der Waals surface area contributed by atoms with Crippen molar-refractivity contribution < 1.29 is 9.53 Å². The molecule has 2 heterocycles. The van der Waals surface area contributed by atoms with Gasteiger partial charge in [0.1, 0.15) is 12.4 Å². The van der Waals surface area contributed by atoms with Gasteiger partial charge in [-0.1, -0.05) is 12.1 Å². The van der Waals surface area contributed by atoms with Crippen LogP contribution < -0.4 is 15.4 Å². The first-order chi connectivity index (χ1) is 12.7. The van der Waals surface area contributed by atoms with Gasteiger partial charge >= 0.3 is 0 Å². The van der Waals surface area contributed by atoms with Crippen LogP contribution >= 0.6 is 12.4 Å². The van der Waals surface area contributed by atoms with E-state index >= 15 is 0 Å². The molecule has 0 aliphatic carbocycles. The van der Waals surface area contributed by atoms with Crippen LogP contribution in [0.3, 0.4) is 0 Å². The lowest BCUT2D eigenvalue weighted by Gasteiger charge is -2.27. The normalized spacial score (nSPS) is 22.9. The molecular weight excluding hydrogens is 362 g/mol. The summed E-state index contributed by atoms with van der Waals surface area (Å²) in [5.74, 6) is 1.30. The molecule has 6 heteroatoms. The molecule has 0 radical (unpaired) electrons. The number of benzene rings is 1. The van der Waals surface area contributed by atoms with Gasteiger partial charge in [-0.2, -0.15) is 0 Å². The molecule has 1 aromatic rings. The Kier molecular flexibility index (Phi) is 9.39. The lowest BCUT2D eigenvalue weighted by molar-refractivity contribution is -0.126. The zero-order valence-corrected chi connectivity index (χ0v) is 17.2. The summed E-state index contributed by atoms with van der Waals surface area (Å²) in [4.78, 5) is 14.7. The molecule has 3 rings (SSSR count). The number of likely N-dealkylation sites (tertiary alicyclic amines) is 1. The number of hydrogen-bond acceptors (Lipinski definition) is 4. The SMILES string of the molecule is C[C@H]1C[C@@H](C(=O)NCCc2ccc(OCCN3CCCC3)cc2)CCN1.Cl. The molecule has 27 heavy (non-hydrogen) atoms. The van der Waals surface area contributed by atoms with Gasteiger partial charge in [0.25, 0.3) is 0 Å². The maximum absolute atomic E-state index is 12.3. The van der Waals surface area contributed by atoms with E-state index in [9.17, 15) is 4.79 Å². The summed E-state index contributed by atoms with van der Waals surface area (Å²) in [6.45, 7) is 7.99. The maximum Gasteiger partial charge on any atom is 0.223 e. The van der Waals surface area contributed by atoms with Crippen LogP contribution in [0.4, 0.5) is 0 Å². The van der Waals surface area contributed by atoms with Crippen LogP contribution in [0.1, 0.15) is 38.2 Å². The van der Waals surface area contributed by atoms with E-state index in [0.29, 0.717) is 12.6 Å². The van der Waals surface area contributed by atoms with Crippen molar-refractivity contribution >= 4 is 18.3 Å². The summed E-state index contributed by atoms with van der Waals surface area (Å²) in [7, 11) is 0. The molecule has 2 aliphatic rings. The number of carbonyl (C=O) groups excluding carboxylic acids is 1. The molecule has 0 unspecified atom stereocenters. The molecule has 5 nitrogen and oxygen atoms in total. The monoisotopic (exact) mass is 395 g/mol. The second-order valence-electron chi connectivity index (χ2n) is 7.66. The maximum atomic E-state index is 12.3. The van der Waals surface area contributed by atoms with E-state index in [-0.39, 0.29) is 24.2 Å². The Labute approximate surface area is 169 Å². The summed E-state index contributed by atoms with van der Waals surface area (Å²) in [6, 6.07) is 8.72. The van der Waals surface area contributed by atoms with E-state index in [1.165, 1.54) is 31.5 Å². The van der Waals surface area contributed by atoms with E-state index in [4.69, 9.17) is 4.74 Å². The highest BCUT2D eigenvalue weighted by Crippen LogP contribution is 2.16. The number of nitrogens with one attached hydrogen (secondary N) is 2. The van der Waals surface area contributed by atoms with Crippen LogP contribution in [-0.2, 0) is 11.2 Å². The predicted octanol–water partition coefficient (Wildman–Crippen LogP) is 2.63. The Morgan fingerprint density at radius 3 is 2.70 bits per heavy atom. The van der Waals surface area contributed by atoms with Gasteiger partial charge in [0.2, 0.25) is 5.91 Å². The van der Waals surface area contributed by atoms with Crippen LogP contribution in [0, 0.1) is 5.92 Å². The van der Waals surface area contributed by atoms with Crippen molar-refractivity contribution in [2.24, 2.45) is 5.92 Å². The van der Waals surface area contributed by atoms with Crippen molar-refractivity contribution in [3.8, 4) is 5.75 Å². The highest BCUT2D eigenvalue weighted by Gasteiger charge is 2.24. The zero-order valence-electron chi connectivity index (χ0n) is 16.4. The van der Waals surface area contributed by atoms with Crippen LogP contribution in [-0.4, -0.2) is 56.2 Å².